The van der Waals surface area contributed by atoms with Gasteiger partial charge in [-0.05, 0) is 142 Å². The van der Waals surface area contributed by atoms with Gasteiger partial charge in [0, 0.05) is 23.0 Å². The highest BCUT2D eigenvalue weighted by Crippen LogP contribution is 2.50. The Balaban J connectivity index is 1.27. The Kier molecular flexibility index (Phi) is 7.98. The minimum absolute atomic E-state index is 0.199. The lowest BCUT2D eigenvalue weighted by Gasteiger charge is -2.42. The minimum Gasteiger partial charge on any atom is -0.193 e. The molecule has 6 unspecified atom stereocenters. The molecule has 2 heteroatoms. The molecule has 2 aromatic carbocycles. The fraction of sp³-hybridized carbons (Fsp3) is 0.292. The Morgan fingerprint density at radius 3 is 2.46 bits per heavy atom. The van der Waals surface area contributed by atoms with E-state index in [1.54, 1.807) is 0 Å². The first-order valence-corrected chi connectivity index (χ1v) is 18.6. The summed E-state index contributed by atoms with van der Waals surface area (Å²) in [6, 6.07) is 21.1. The molecule has 0 spiro atoms. The second-order valence-electron chi connectivity index (χ2n) is 15.2. The molecule has 0 heterocycles. The molecule has 0 saturated heterocycles. The maximum Gasteiger partial charge on any atom is 0.0947 e. The van der Waals surface area contributed by atoms with E-state index in [4.69, 9.17) is 0 Å². The van der Waals surface area contributed by atoms with Crippen LogP contribution >= 0.6 is 0 Å². The molecule has 2 nitrogen and oxygen atoms in total. The van der Waals surface area contributed by atoms with E-state index in [-0.39, 0.29) is 11.8 Å². The number of allylic oxidation sites excluding steroid dienone is 17. The smallest absolute Gasteiger partial charge is 0.0947 e. The molecule has 0 radical (unpaired) electrons. The highest BCUT2D eigenvalue weighted by molar-refractivity contribution is 5.84. The van der Waals surface area contributed by atoms with Gasteiger partial charge in [0.2, 0.25) is 0 Å². The second-order valence-corrected chi connectivity index (χ2v) is 15.2. The standard InChI is InChI=1S/C48H42N2/c49-29-31-7-5-13-35(23-31)39-20-22-44-45(27-39)47(41-17-15-33-9-1-3-11-37(33)25-41)43-21-19-40(36-14-6-8-32(24-36)30-50)28-46(43)48(44)42-18-16-34-10-2-4-12-38(34)26-42/h1-3,5-11,13-14,16,18-22,25,28,35-36,38-39,44-45H,4,12,15,17,23-24,26-27H2. The van der Waals surface area contributed by atoms with Crippen LogP contribution < -0.4 is 10.4 Å². The van der Waals surface area contributed by atoms with Crippen molar-refractivity contribution >= 4 is 17.2 Å². The number of fused-ring (bicyclic) bond motifs is 4. The van der Waals surface area contributed by atoms with Crippen LogP contribution in [0.3, 0.4) is 0 Å². The van der Waals surface area contributed by atoms with Gasteiger partial charge in [-0.3, -0.25) is 0 Å². The van der Waals surface area contributed by atoms with Crippen LogP contribution in [0.2, 0.25) is 0 Å². The summed E-state index contributed by atoms with van der Waals surface area (Å²) >= 11 is 0. The lowest BCUT2D eigenvalue weighted by molar-refractivity contribution is 0.351. The number of nitrogens with zero attached hydrogens (tertiary/aromatic N) is 2. The molecule has 0 aliphatic heterocycles. The van der Waals surface area contributed by atoms with E-state index in [2.05, 4.69) is 121 Å². The van der Waals surface area contributed by atoms with Gasteiger partial charge in [-0.1, -0.05) is 109 Å². The van der Waals surface area contributed by atoms with Gasteiger partial charge < -0.3 is 0 Å². The lowest BCUT2D eigenvalue weighted by Crippen LogP contribution is -2.43. The van der Waals surface area contributed by atoms with Crippen molar-refractivity contribution in [2.75, 3.05) is 0 Å². The summed E-state index contributed by atoms with van der Waals surface area (Å²) in [7, 11) is 0. The Morgan fingerprint density at radius 2 is 1.56 bits per heavy atom. The molecule has 0 bridgehead atoms. The van der Waals surface area contributed by atoms with E-state index < -0.39 is 0 Å². The summed E-state index contributed by atoms with van der Waals surface area (Å²) in [6.45, 7) is 0. The predicted molar refractivity (Wildman–Crippen MR) is 203 cm³/mol. The van der Waals surface area contributed by atoms with Crippen LogP contribution in [-0.4, -0.2) is 0 Å². The zero-order valence-electron chi connectivity index (χ0n) is 28.6. The number of aryl methyl sites for hydroxylation is 1. The summed E-state index contributed by atoms with van der Waals surface area (Å²) in [4.78, 5) is 0. The van der Waals surface area contributed by atoms with Crippen molar-refractivity contribution in [1.29, 1.82) is 10.5 Å². The van der Waals surface area contributed by atoms with Gasteiger partial charge in [-0.15, -0.1) is 0 Å². The Bertz CT molecular complexity index is 2280. The molecule has 0 fully saturated rings. The summed E-state index contributed by atoms with van der Waals surface area (Å²) in [5.41, 5.74) is 13.3. The third-order valence-electron chi connectivity index (χ3n) is 12.5. The zero-order valence-corrected chi connectivity index (χ0v) is 28.6. The van der Waals surface area contributed by atoms with Gasteiger partial charge in [0.15, 0.2) is 0 Å². The molecular formula is C48H42N2. The van der Waals surface area contributed by atoms with Crippen molar-refractivity contribution in [2.45, 2.75) is 57.3 Å². The average molecular weight is 647 g/mol. The first-order chi connectivity index (χ1) is 24.7. The summed E-state index contributed by atoms with van der Waals surface area (Å²) < 4.78 is 0. The quantitative estimate of drug-likeness (QED) is 0.311. The van der Waals surface area contributed by atoms with Crippen LogP contribution in [0, 0.1) is 52.3 Å². The zero-order chi connectivity index (χ0) is 33.6. The normalized spacial score (nSPS) is 29.1. The molecule has 0 saturated carbocycles. The van der Waals surface area contributed by atoms with E-state index in [0.717, 1.165) is 56.1 Å². The van der Waals surface area contributed by atoms with Gasteiger partial charge in [-0.2, -0.15) is 10.5 Å². The van der Waals surface area contributed by atoms with Crippen molar-refractivity contribution in [2.24, 2.45) is 29.6 Å². The molecule has 7 aliphatic carbocycles. The monoisotopic (exact) mass is 646 g/mol. The predicted octanol–water partition coefficient (Wildman–Crippen LogP) is 9.58. The highest BCUT2D eigenvalue weighted by Gasteiger charge is 2.40. The number of hydrogen-bond acceptors (Lipinski definition) is 2. The Labute approximate surface area is 296 Å². The Morgan fingerprint density at radius 1 is 0.700 bits per heavy atom. The maximum atomic E-state index is 9.78. The van der Waals surface area contributed by atoms with Crippen LogP contribution in [0.5, 0.6) is 0 Å². The van der Waals surface area contributed by atoms with Crippen molar-refractivity contribution in [3.05, 3.63) is 170 Å². The molecule has 6 atom stereocenters. The summed E-state index contributed by atoms with van der Waals surface area (Å²) in [5, 5.41) is 22.3. The topological polar surface area (TPSA) is 47.6 Å². The lowest BCUT2D eigenvalue weighted by atomic mass is 9.61. The van der Waals surface area contributed by atoms with Gasteiger partial charge in [0.25, 0.3) is 0 Å². The number of benzene rings is 2. The fourth-order valence-corrected chi connectivity index (χ4v) is 9.93. The van der Waals surface area contributed by atoms with Gasteiger partial charge >= 0.3 is 0 Å². The number of hydrogen-bond donors (Lipinski definition) is 0. The molecule has 0 aromatic heterocycles. The molecular weight excluding hydrogens is 605 g/mol. The largest absolute Gasteiger partial charge is 0.193 e. The van der Waals surface area contributed by atoms with Crippen LogP contribution in [0.15, 0.2) is 143 Å². The van der Waals surface area contributed by atoms with Gasteiger partial charge in [0.1, 0.15) is 0 Å². The third-order valence-corrected chi connectivity index (χ3v) is 12.5. The third kappa shape index (κ3) is 5.49. The summed E-state index contributed by atoms with van der Waals surface area (Å²) in [5.74, 6) is 2.16. The van der Waals surface area contributed by atoms with E-state index in [0.29, 0.717) is 23.7 Å². The van der Waals surface area contributed by atoms with E-state index in [1.165, 1.54) is 61.4 Å². The van der Waals surface area contributed by atoms with Crippen molar-refractivity contribution in [1.82, 2.24) is 0 Å². The average Bonchev–Trinajstić information content (AvgIpc) is 3.19. The number of nitriles is 2. The van der Waals surface area contributed by atoms with Crippen molar-refractivity contribution < 1.29 is 0 Å². The van der Waals surface area contributed by atoms with Crippen molar-refractivity contribution in [3.63, 3.8) is 0 Å². The minimum atomic E-state index is 0.199. The molecule has 50 heavy (non-hydrogen) atoms. The summed E-state index contributed by atoms with van der Waals surface area (Å²) in [6.07, 6.45) is 38.1. The molecule has 0 N–H and O–H groups in total. The maximum absolute atomic E-state index is 9.78. The fourth-order valence-electron chi connectivity index (χ4n) is 9.93. The molecule has 2 aromatic rings. The van der Waals surface area contributed by atoms with Crippen molar-refractivity contribution in [3.8, 4) is 12.1 Å². The second kappa shape index (κ2) is 12.9. The van der Waals surface area contributed by atoms with Gasteiger partial charge in [-0.25, -0.2) is 0 Å². The molecule has 244 valence electrons. The molecule has 0 amide bonds. The first-order valence-electron chi connectivity index (χ1n) is 18.6. The van der Waals surface area contributed by atoms with E-state index in [9.17, 15) is 10.5 Å². The molecule has 7 aliphatic rings. The molecule has 9 rings (SSSR count). The van der Waals surface area contributed by atoms with Crippen LogP contribution in [0.25, 0.3) is 17.2 Å². The SMILES string of the molecule is N#CC1=CC=CC(c2ccc3c(c2)=C(C2=CC=C4C=CCCC4C2)C2C=CC(C4C=CC=C(C#N)C4)CC2C=3C2=Cc3ccccc3CC2)C1. The van der Waals surface area contributed by atoms with E-state index >= 15 is 0 Å². The van der Waals surface area contributed by atoms with Crippen LogP contribution in [0.4, 0.5) is 0 Å². The van der Waals surface area contributed by atoms with Crippen LogP contribution in [0.1, 0.15) is 67.6 Å². The van der Waals surface area contributed by atoms with E-state index in [1.807, 2.05) is 12.2 Å². The number of rotatable bonds is 4. The highest BCUT2D eigenvalue weighted by atomic mass is 14.4. The Hall–Kier alpha value is -5.18. The van der Waals surface area contributed by atoms with Gasteiger partial charge in [0.05, 0.1) is 12.1 Å². The first kappa shape index (κ1) is 30.8. The van der Waals surface area contributed by atoms with Crippen LogP contribution in [-0.2, 0) is 6.42 Å².